The first-order valence-corrected chi connectivity index (χ1v) is 13.7. The van der Waals surface area contributed by atoms with Gasteiger partial charge in [-0.15, -0.1) is 0 Å². The van der Waals surface area contributed by atoms with Crippen molar-refractivity contribution in [3.05, 3.63) is 62.1 Å². The predicted octanol–water partition coefficient (Wildman–Crippen LogP) is 5.01. The molecular weight excluding hydrogens is 544 g/mol. The number of sulfonamides is 1. The Morgan fingerprint density at radius 1 is 1.00 bits per heavy atom. The summed E-state index contributed by atoms with van der Waals surface area (Å²) in [6, 6.07) is 8.30. The van der Waals surface area contributed by atoms with Gasteiger partial charge in [-0.1, -0.05) is 59.4 Å². The second-order valence-electron chi connectivity index (χ2n) is 7.41. The highest BCUT2D eigenvalue weighted by Gasteiger charge is 2.33. The molecule has 12 heteroatoms. The van der Waals surface area contributed by atoms with E-state index in [1.165, 1.54) is 23.1 Å². The van der Waals surface area contributed by atoms with Gasteiger partial charge >= 0.3 is 0 Å². The van der Waals surface area contributed by atoms with Crippen molar-refractivity contribution in [2.45, 2.75) is 32.9 Å². The summed E-state index contributed by atoms with van der Waals surface area (Å²) in [5, 5.41) is 3.68. The summed E-state index contributed by atoms with van der Waals surface area (Å²) in [5.74, 6) is -1.02. The van der Waals surface area contributed by atoms with Crippen molar-refractivity contribution < 1.29 is 18.0 Å². The summed E-state index contributed by atoms with van der Waals surface area (Å²) < 4.78 is 26.1. The van der Waals surface area contributed by atoms with Crippen LogP contribution in [-0.2, 0) is 26.2 Å². The van der Waals surface area contributed by atoms with Gasteiger partial charge in [0.1, 0.15) is 12.6 Å². The Morgan fingerprint density at radius 3 is 2.15 bits per heavy atom. The zero-order valence-electron chi connectivity index (χ0n) is 18.8. The van der Waals surface area contributed by atoms with E-state index in [9.17, 15) is 18.0 Å². The molecule has 0 aromatic heterocycles. The van der Waals surface area contributed by atoms with Gasteiger partial charge in [0, 0.05) is 33.7 Å². The number of benzene rings is 2. The molecule has 0 aliphatic rings. The minimum absolute atomic E-state index is 0.0480. The second-order valence-corrected chi connectivity index (χ2v) is 11.0. The topological polar surface area (TPSA) is 86.8 Å². The average molecular weight is 569 g/mol. The van der Waals surface area contributed by atoms with Crippen LogP contribution in [0.15, 0.2) is 36.4 Å². The van der Waals surface area contributed by atoms with Crippen LogP contribution in [-0.4, -0.2) is 50.5 Å². The maximum Gasteiger partial charge on any atom is 0.244 e. The number of amides is 2. The molecule has 2 aromatic carbocycles. The largest absolute Gasteiger partial charge is 0.355 e. The first-order valence-electron chi connectivity index (χ1n) is 10.3. The fourth-order valence-electron chi connectivity index (χ4n) is 3.34. The van der Waals surface area contributed by atoms with E-state index < -0.39 is 28.5 Å². The molecular formula is C22H25Cl4N3O4S. The van der Waals surface area contributed by atoms with Crippen LogP contribution in [0.1, 0.15) is 25.8 Å². The Balaban J connectivity index is 2.54. The Bertz CT molecular complexity index is 1140. The van der Waals surface area contributed by atoms with E-state index in [1.54, 1.807) is 32.0 Å². The van der Waals surface area contributed by atoms with Gasteiger partial charge in [0.05, 0.1) is 17.0 Å². The molecule has 0 saturated carbocycles. The third-order valence-electron chi connectivity index (χ3n) is 4.98. The van der Waals surface area contributed by atoms with Crippen molar-refractivity contribution in [1.82, 2.24) is 10.2 Å². The number of carbonyl (C=O) groups excluding carboxylic acids is 2. The maximum atomic E-state index is 13.6. The lowest BCUT2D eigenvalue weighted by Gasteiger charge is -2.33. The van der Waals surface area contributed by atoms with E-state index >= 15 is 0 Å². The summed E-state index contributed by atoms with van der Waals surface area (Å²) in [4.78, 5) is 27.6. The molecule has 0 saturated heterocycles. The number of nitrogens with zero attached hydrogens (tertiary/aromatic N) is 2. The molecule has 0 unspecified atom stereocenters. The molecule has 1 N–H and O–H groups in total. The Labute approximate surface area is 220 Å². The molecule has 186 valence electrons. The molecule has 0 heterocycles. The number of carbonyl (C=O) groups is 2. The quantitative estimate of drug-likeness (QED) is 0.436. The van der Waals surface area contributed by atoms with Crippen LogP contribution in [0.3, 0.4) is 0 Å². The Morgan fingerprint density at radius 2 is 1.62 bits per heavy atom. The highest BCUT2D eigenvalue weighted by molar-refractivity contribution is 7.92. The van der Waals surface area contributed by atoms with E-state index in [1.807, 2.05) is 0 Å². The third-order valence-corrected chi connectivity index (χ3v) is 7.37. The standard InChI is InChI=1S/C22H25Cl4N3O4S/c1-4-19(22(31)27-5-2)28(12-15-16(24)7-6-8-17(15)25)21(30)13-29(34(3,32)33)20-11-14(23)9-10-18(20)26/h6-11,19H,4-5,12-13H2,1-3H3,(H,27,31)/t19-/m1/s1. The highest BCUT2D eigenvalue weighted by Crippen LogP contribution is 2.31. The molecule has 0 aliphatic heterocycles. The third kappa shape index (κ3) is 7.15. The fraction of sp³-hybridized carbons (Fsp3) is 0.364. The lowest BCUT2D eigenvalue weighted by Crippen LogP contribution is -2.52. The number of hydrogen-bond donors (Lipinski definition) is 1. The number of anilines is 1. The Kier molecular flexibility index (Phi) is 10.3. The number of rotatable bonds is 10. The number of hydrogen-bond acceptors (Lipinski definition) is 4. The van der Waals surface area contributed by atoms with Gasteiger partial charge < -0.3 is 10.2 Å². The fourth-order valence-corrected chi connectivity index (χ4v) is 5.14. The molecule has 0 radical (unpaired) electrons. The molecule has 0 spiro atoms. The SMILES string of the molecule is CCNC(=O)[C@@H](CC)N(Cc1c(Cl)cccc1Cl)C(=O)CN(c1cc(Cl)ccc1Cl)S(C)(=O)=O. The van der Waals surface area contributed by atoms with Crippen LogP contribution < -0.4 is 9.62 Å². The minimum atomic E-state index is -3.95. The number of likely N-dealkylation sites (N-methyl/N-ethyl adjacent to an activating group) is 1. The average Bonchev–Trinajstić information content (AvgIpc) is 2.75. The van der Waals surface area contributed by atoms with Crippen molar-refractivity contribution in [2.75, 3.05) is 23.7 Å². The van der Waals surface area contributed by atoms with Gasteiger partial charge in [0.15, 0.2) is 0 Å². The summed E-state index contributed by atoms with van der Waals surface area (Å²) in [5.41, 5.74) is 0.487. The van der Waals surface area contributed by atoms with Crippen molar-refractivity contribution in [2.24, 2.45) is 0 Å². The molecule has 0 aliphatic carbocycles. The van der Waals surface area contributed by atoms with Crippen LogP contribution in [0.25, 0.3) is 0 Å². The molecule has 2 rings (SSSR count). The van der Waals surface area contributed by atoms with Gasteiger partial charge in [-0.25, -0.2) is 8.42 Å². The number of halogens is 4. The molecule has 2 aromatic rings. The zero-order chi connectivity index (χ0) is 25.6. The molecule has 1 atom stereocenters. The normalized spacial score (nSPS) is 12.2. The van der Waals surface area contributed by atoms with Gasteiger partial charge in [-0.2, -0.15) is 0 Å². The highest BCUT2D eigenvalue weighted by atomic mass is 35.5. The van der Waals surface area contributed by atoms with Crippen LogP contribution in [0, 0.1) is 0 Å². The monoisotopic (exact) mass is 567 g/mol. The van der Waals surface area contributed by atoms with Crippen LogP contribution in [0.4, 0.5) is 5.69 Å². The summed E-state index contributed by atoms with van der Waals surface area (Å²) >= 11 is 24.9. The molecule has 34 heavy (non-hydrogen) atoms. The summed E-state index contributed by atoms with van der Waals surface area (Å²) in [6.45, 7) is 3.15. The molecule has 7 nitrogen and oxygen atoms in total. The lowest BCUT2D eigenvalue weighted by molar-refractivity contribution is -0.140. The summed E-state index contributed by atoms with van der Waals surface area (Å²) in [7, 11) is -3.95. The second kappa shape index (κ2) is 12.3. The van der Waals surface area contributed by atoms with E-state index in [0.717, 1.165) is 10.6 Å². The molecule has 2 amide bonds. The first kappa shape index (κ1) is 28.5. The van der Waals surface area contributed by atoms with E-state index in [4.69, 9.17) is 46.4 Å². The predicted molar refractivity (Wildman–Crippen MR) is 138 cm³/mol. The summed E-state index contributed by atoms with van der Waals surface area (Å²) in [6.07, 6.45) is 1.23. The smallest absolute Gasteiger partial charge is 0.244 e. The first-order chi connectivity index (χ1) is 15.9. The number of nitrogens with one attached hydrogen (secondary N) is 1. The van der Waals surface area contributed by atoms with Gasteiger partial charge in [-0.05, 0) is 43.7 Å². The van der Waals surface area contributed by atoms with Gasteiger partial charge in [0.2, 0.25) is 21.8 Å². The Hall–Kier alpha value is -1.71. The van der Waals surface area contributed by atoms with Crippen molar-refractivity contribution in [3.63, 3.8) is 0 Å². The van der Waals surface area contributed by atoms with Crippen molar-refractivity contribution in [1.29, 1.82) is 0 Å². The molecule has 0 bridgehead atoms. The van der Waals surface area contributed by atoms with Gasteiger partial charge in [-0.3, -0.25) is 13.9 Å². The van der Waals surface area contributed by atoms with E-state index in [-0.39, 0.29) is 34.6 Å². The molecule has 0 fully saturated rings. The lowest BCUT2D eigenvalue weighted by atomic mass is 10.1. The van der Waals surface area contributed by atoms with Crippen LogP contribution in [0.2, 0.25) is 20.1 Å². The minimum Gasteiger partial charge on any atom is -0.355 e. The van der Waals surface area contributed by atoms with Crippen molar-refractivity contribution >= 4 is 73.9 Å². The van der Waals surface area contributed by atoms with Gasteiger partial charge in [0.25, 0.3) is 0 Å². The zero-order valence-corrected chi connectivity index (χ0v) is 22.7. The van der Waals surface area contributed by atoms with E-state index in [2.05, 4.69) is 5.32 Å². The van der Waals surface area contributed by atoms with E-state index in [0.29, 0.717) is 22.2 Å². The van der Waals surface area contributed by atoms with Crippen molar-refractivity contribution in [3.8, 4) is 0 Å². The van der Waals surface area contributed by atoms with Crippen LogP contribution in [0.5, 0.6) is 0 Å². The maximum absolute atomic E-state index is 13.6. The van der Waals surface area contributed by atoms with Crippen LogP contribution >= 0.6 is 46.4 Å².